The molecule has 0 aliphatic heterocycles. The first-order valence-electron chi connectivity index (χ1n) is 13.9. The fraction of sp³-hybridized carbons (Fsp3) is 0.382. The summed E-state index contributed by atoms with van der Waals surface area (Å²) in [5, 5.41) is 25.1. The number of rotatable bonds is 12. The zero-order valence-electron chi connectivity index (χ0n) is 24.7. The van der Waals surface area contributed by atoms with Gasteiger partial charge in [-0.3, -0.25) is 0 Å². The molecule has 39 heavy (non-hydrogen) atoms. The van der Waals surface area contributed by atoms with Crippen molar-refractivity contribution in [1.82, 2.24) is 5.32 Å². The quantitative estimate of drug-likeness (QED) is 0.127. The van der Waals surface area contributed by atoms with Gasteiger partial charge in [0.05, 0.1) is 17.1 Å². The Balaban J connectivity index is 2.14. The largest absolute Gasteiger partial charge is 0.513 e. The van der Waals surface area contributed by atoms with Crippen molar-refractivity contribution >= 4 is 23.3 Å². The van der Waals surface area contributed by atoms with Crippen molar-refractivity contribution < 1.29 is 5.11 Å². The van der Waals surface area contributed by atoms with Crippen molar-refractivity contribution in [2.24, 2.45) is 5.92 Å². The van der Waals surface area contributed by atoms with Crippen LogP contribution in [0.15, 0.2) is 89.9 Å². The third-order valence-electron chi connectivity index (χ3n) is 7.65. The molecule has 3 rings (SSSR count). The molecule has 0 saturated carbocycles. The third kappa shape index (κ3) is 6.72. The van der Waals surface area contributed by atoms with Gasteiger partial charge in [0.15, 0.2) is 0 Å². The third-order valence-corrected chi connectivity index (χ3v) is 7.65. The van der Waals surface area contributed by atoms with Crippen molar-refractivity contribution in [3.8, 4) is 0 Å². The fourth-order valence-corrected chi connectivity index (χ4v) is 5.72. The highest BCUT2D eigenvalue weighted by molar-refractivity contribution is 5.81. The molecule has 5 nitrogen and oxygen atoms in total. The van der Waals surface area contributed by atoms with E-state index in [1.165, 1.54) is 34.3 Å². The van der Waals surface area contributed by atoms with Crippen molar-refractivity contribution in [2.75, 3.05) is 24.3 Å². The SMILES string of the molecule is C=C(/C=C(\C)O)CC1=C(N(C)c2ccccc2Nc2c(C(C)C)cccc2C(C)C)CC(NC)C1C(=C)C=N. The van der Waals surface area contributed by atoms with Gasteiger partial charge in [-0.1, -0.05) is 71.2 Å². The molecule has 0 saturated heterocycles. The lowest BCUT2D eigenvalue weighted by Gasteiger charge is -2.28. The Kier molecular flexibility index (Phi) is 9.98. The van der Waals surface area contributed by atoms with Crippen LogP contribution in [0.1, 0.15) is 70.4 Å². The van der Waals surface area contributed by atoms with E-state index in [4.69, 9.17) is 5.41 Å². The van der Waals surface area contributed by atoms with Gasteiger partial charge in [0.25, 0.3) is 0 Å². The average molecular weight is 527 g/mol. The smallest absolute Gasteiger partial charge is 0.0894 e. The lowest BCUT2D eigenvalue weighted by atomic mass is 9.87. The molecule has 5 heteroatoms. The first-order chi connectivity index (χ1) is 18.5. The van der Waals surface area contributed by atoms with Crippen LogP contribution in [0.3, 0.4) is 0 Å². The number of nitrogens with zero attached hydrogens (tertiary/aromatic N) is 1. The number of hydrogen-bond donors (Lipinski definition) is 4. The maximum atomic E-state index is 9.87. The minimum Gasteiger partial charge on any atom is -0.513 e. The van der Waals surface area contributed by atoms with Crippen molar-refractivity contribution in [1.29, 1.82) is 5.41 Å². The highest BCUT2D eigenvalue weighted by Crippen LogP contribution is 2.44. The molecule has 2 aromatic carbocycles. The average Bonchev–Trinajstić information content (AvgIpc) is 3.25. The van der Waals surface area contributed by atoms with E-state index in [1.54, 1.807) is 13.0 Å². The maximum absolute atomic E-state index is 9.87. The molecular formula is C34H46N4O. The predicted molar refractivity (Wildman–Crippen MR) is 169 cm³/mol. The van der Waals surface area contributed by atoms with Crippen LogP contribution in [0.2, 0.25) is 0 Å². The zero-order chi connectivity index (χ0) is 28.9. The molecule has 2 atom stereocenters. The normalized spacial score (nSPS) is 17.6. The number of hydrogen-bond acceptors (Lipinski definition) is 5. The number of nitrogens with one attached hydrogen (secondary N) is 3. The van der Waals surface area contributed by atoms with E-state index >= 15 is 0 Å². The summed E-state index contributed by atoms with van der Waals surface area (Å²) in [6.45, 7) is 19.0. The van der Waals surface area contributed by atoms with Crippen molar-refractivity contribution in [2.45, 2.75) is 65.3 Å². The van der Waals surface area contributed by atoms with E-state index in [0.29, 0.717) is 18.3 Å². The van der Waals surface area contributed by atoms with Crippen LogP contribution in [0.4, 0.5) is 17.1 Å². The summed E-state index contributed by atoms with van der Waals surface area (Å²) in [7, 11) is 4.08. The van der Waals surface area contributed by atoms with Crippen LogP contribution in [0.5, 0.6) is 0 Å². The molecule has 4 N–H and O–H groups in total. The molecule has 2 aromatic rings. The molecule has 2 unspecified atom stereocenters. The van der Waals surface area contributed by atoms with E-state index in [2.05, 4.69) is 106 Å². The van der Waals surface area contributed by atoms with Crippen LogP contribution >= 0.6 is 0 Å². The standard InChI is InChI=1S/C34H46N4O/c1-21(2)26-13-12-14-27(22(3)4)34(26)37-29-15-10-11-16-31(29)38(9)32-19-30(36-8)33(24(6)20-35)28(32)18-23(5)17-25(7)39/h10-17,20-22,30,33,35-37,39H,5-6,18-19H2,1-4,7-9H3/b25-17+,35-20?. The Hall–Kier alpha value is -3.57. The number of aliphatic hydroxyl groups excluding tert-OH is 1. The second-order valence-corrected chi connectivity index (χ2v) is 11.2. The van der Waals surface area contributed by atoms with Gasteiger partial charge in [-0.2, -0.15) is 0 Å². The summed E-state index contributed by atoms with van der Waals surface area (Å²) >= 11 is 0. The van der Waals surface area contributed by atoms with Gasteiger partial charge in [-0.05, 0) is 78.3 Å². The van der Waals surface area contributed by atoms with Gasteiger partial charge in [-0.15, -0.1) is 0 Å². The van der Waals surface area contributed by atoms with Gasteiger partial charge in [-0.25, -0.2) is 0 Å². The molecule has 0 fully saturated rings. The van der Waals surface area contributed by atoms with Crippen molar-refractivity contribution in [3.63, 3.8) is 0 Å². The first kappa shape index (κ1) is 30.0. The van der Waals surface area contributed by atoms with E-state index in [0.717, 1.165) is 28.9 Å². The van der Waals surface area contributed by atoms with Gasteiger partial charge >= 0.3 is 0 Å². The number of anilines is 3. The topological polar surface area (TPSA) is 71.4 Å². The van der Waals surface area contributed by atoms with Gasteiger partial charge in [0.1, 0.15) is 0 Å². The van der Waals surface area contributed by atoms with Crippen LogP contribution in [-0.2, 0) is 0 Å². The van der Waals surface area contributed by atoms with E-state index in [1.807, 2.05) is 7.05 Å². The Morgan fingerprint density at radius 2 is 1.69 bits per heavy atom. The van der Waals surface area contributed by atoms with Crippen LogP contribution in [-0.4, -0.2) is 31.5 Å². The molecule has 0 radical (unpaired) electrons. The Morgan fingerprint density at radius 3 is 2.23 bits per heavy atom. The second-order valence-electron chi connectivity index (χ2n) is 11.2. The molecule has 1 aliphatic rings. The lowest BCUT2D eigenvalue weighted by Crippen LogP contribution is -2.32. The van der Waals surface area contributed by atoms with Crippen molar-refractivity contribution in [3.05, 3.63) is 101 Å². The molecule has 208 valence electrons. The summed E-state index contributed by atoms with van der Waals surface area (Å²) in [5.41, 5.74) is 9.87. The summed E-state index contributed by atoms with van der Waals surface area (Å²) in [6, 6.07) is 15.2. The monoisotopic (exact) mass is 526 g/mol. The summed E-state index contributed by atoms with van der Waals surface area (Å²) in [6.07, 6.45) is 4.46. The fourth-order valence-electron chi connectivity index (χ4n) is 5.72. The van der Waals surface area contributed by atoms with Gasteiger partial charge in [0.2, 0.25) is 0 Å². The minimum atomic E-state index is -0.0246. The molecule has 0 aromatic heterocycles. The highest BCUT2D eigenvalue weighted by atomic mass is 16.3. The van der Waals surface area contributed by atoms with Gasteiger partial charge < -0.3 is 26.0 Å². The molecule has 0 bridgehead atoms. The van der Waals surface area contributed by atoms with Crippen LogP contribution in [0.25, 0.3) is 0 Å². The van der Waals surface area contributed by atoms with Crippen LogP contribution in [0, 0.1) is 11.3 Å². The number of aliphatic hydroxyl groups is 1. The molecule has 1 aliphatic carbocycles. The second kappa shape index (κ2) is 13.0. The molecule has 0 amide bonds. The molecule has 0 heterocycles. The Labute approximate surface area is 235 Å². The van der Waals surface area contributed by atoms with E-state index < -0.39 is 0 Å². The summed E-state index contributed by atoms with van der Waals surface area (Å²) < 4.78 is 0. The summed E-state index contributed by atoms with van der Waals surface area (Å²) in [5.74, 6) is 0.987. The minimum absolute atomic E-state index is 0.0246. The number of allylic oxidation sites excluding steroid dienone is 3. The Bertz CT molecular complexity index is 1250. The molecular weight excluding hydrogens is 480 g/mol. The maximum Gasteiger partial charge on any atom is 0.0894 e. The number of para-hydroxylation sites is 3. The van der Waals surface area contributed by atoms with Crippen LogP contribution < -0.4 is 15.5 Å². The first-order valence-corrected chi connectivity index (χ1v) is 13.9. The lowest BCUT2D eigenvalue weighted by molar-refractivity contribution is 0.413. The number of benzene rings is 2. The van der Waals surface area contributed by atoms with Gasteiger partial charge in [0, 0.05) is 43.0 Å². The van der Waals surface area contributed by atoms with E-state index in [9.17, 15) is 5.11 Å². The highest BCUT2D eigenvalue weighted by Gasteiger charge is 2.37. The zero-order valence-corrected chi connectivity index (χ0v) is 24.7. The Morgan fingerprint density at radius 1 is 1.08 bits per heavy atom. The summed E-state index contributed by atoms with van der Waals surface area (Å²) in [4.78, 5) is 2.27. The molecule has 0 spiro atoms. The predicted octanol–water partition coefficient (Wildman–Crippen LogP) is 8.59. The van der Waals surface area contributed by atoms with E-state index in [-0.39, 0.29) is 17.7 Å².